The molecule has 23 heavy (non-hydrogen) atoms. The van der Waals surface area contributed by atoms with Gasteiger partial charge in [0.25, 0.3) is 0 Å². The molecule has 0 radical (unpaired) electrons. The Labute approximate surface area is 137 Å². The van der Waals surface area contributed by atoms with E-state index in [2.05, 4.69) is 0 Å². The summed E-state index contributed by atoms with van der Waals surface area (Å²) in [6, 6.07) is -0.531. The van der Waals surface area contributed by atoms with Gasteiger partial charge in [0.15, 0.2) is 5.78 Å². The standard InChI is InChI=1S/C15H17N3O4S/c1-9(15(16)21)18-5-6-23-13(8-18)10-3-2-4-12(19)11(10)7-14(20)17-22/h2-6,8-9,11,22H,7H2,1H3,(H2,16,21)(H,17,20). The van der Waals surface area contributed by atoms with Crippen molar-refractivity contribution in [3.63, 3.8) is 0 Å². The zero-order valence-electron chi connectivity index (χ0n) is 12.4. The Bertz CT molecular complexity index is 651. The molecule has 2 atom stereocenters. The average molecular weight is 335 g/mol. The Kier molecular flexibility index (Phi) is 5.41. The maximum atomic E-state index is 12.1. The van der Waals surface area contributed by atoms with Gasteiger partial charge < -0.3 is 10.6 Å². The lowest BCUT2D eigenvalue weighted by molar-refractivity contribution is -0.132. The number of nitrogens with zero attached hydrogens (tertiary/aromatic N) is 1. The van der Waals surface area contributed by atoms with E-state index in [1.807, 2.05) is 0 Å². The molecule has 0 saturated heterocycles. The predicted octanol–water partition coefficient (Wildman–Crippen LogP) is 0.799. The molecule has 7 nitrogen and oxygen atoms in total. The summed E-state index contributed by atoms with van der Waals surface area (Å²) in [6.07, 6.45) is 8.06. The molecule has 0 saturated carbocycles. The summed E-state index contributed by atoms with van der Waals surface area (Å²) in [7, 11) is 0. The van der Waals surface area contributed by atoms with Gasteiger partial charge in [0, 0.05) is 23.7 Å². The summed E-state index contributed by atoms with van der Waals surface area (Å²) in [6.45, 7) is 1.67. The minimum Gasteiger partial charge on any atom is -0.368 e. The van der Waals surface area contributed by atoms with E-state index in [0.29, 0.717) is 5.57 Å². The Hall–Kier alpha value is -2.32. The number of hydrogen-bond donors (Lipinski definition) is 3. The molecule has 0 bridgehead atoms. The number of hydrogen-bond acceptors (Lipinski definition) is 6. The highest BCUT2D eigenvalue weighted by molar-refractivity contribution is 8.06. The highest BCUT2D eigenvalue weighted by Crippen LogP contribution is 2.37. The van der Waals surface area contributed by atoms with Crippen molar-refractivity contribution >= 4 is 29.4 Å². The third kappa shape index (κ3) is 3.91. The maximum Gasteiger partial charge on any atom is 0.244 e. The summed E-state index contributed by atoms with van der Waals surface area (Å²) < 4.78 is 0. The molecule has 1 aliphatic carbocycles. The molecule has 0 aromatic carbocycles. The number of thioether (sulfide) groups is 1. The van der Waals surface area contributed by atoms with Crippen LogP contribution in [0.25, 0.3) is 0 Å². The normalized spacial score (nSPS) is 21.6. The Morgan fingerprint density at radius 2 is 2.26 bits per heavy atom. The average Bonchev–Trinajstić information content (AvgIpc) is 2.55. The van der Waals surface area contributed by atoms with Gasteiger partial charge in [-0.25, -0.2) is 5.48 Å². The van der Waals surface area contributed by atoms with E-state index < -0.39 is 23.8 Å². The van der Waals surface area contributed by atoms with E-state index >= 15 is 0 Å². The third-order valence-corrected chi connectivity index (χ3v) is 4.46. The summed E-state index contributed by atoms with van der Waals surface area (Å²) in [4.78, 5) is 37.3. The number of rotatable bonds is 5. The lowest BCUT2D eigenvalue weighted by Crippen LogP contribution is -2.37. The molecule has 1 heterocycles. The fraction of sp³-hybridized carbons (Fsp3) is 0.267. The number of amides is 2. The zero-order chi connectivity index (χ0) is 17.0. The van der Waals surface area contributed by atoms with Crippen LogP contribution < -0.4 is 11.2 Å². The van der Waals surface area contributed by atoms with Crippen molar-refractivity contribution in [2.45, 2.75) is 19.4 Å². The van der Waals surface area contributed by atoms with Crippen molar-refractivity contribution in [1.29, 1.82) is 0 Å². The molecular formula is C15H17N3O4S. The fourth-order valence-corrected chi connectivity index (χ4v) is 3.12. The summed E-state index contributed by atoms with van der Waals surface area (Å²) in [5, 5.41) is 10.5. The molecule has 122 valence electrons. The molecule has 0 aromatic rings. The van der Waals surface area contributed by atoms with Crippen molar-refractivity contribution in [3.05, 3.63) is 46.5 Å². The van der Waals surface area contributed by atoms with E-state index in [-0.39, 0.29) is 12.2 Å². The van der Waals surface area contributed by atoms with Gasteiger partial charge in [-0.1, -0.05) is 23.9 Å². The van der Waals surface area contributed by atoms with E-state index in [1.165, 1.54) is 17.8 Å². The van der Waals surface area contributed by atoms with Gasteiger partial charge >= 0.3 is 0 Å². The van der Waals surface area contributed by atoms with Gasteiger partial charge in [-0.05, 0) is 24.0 Å². The minimum atomic E-state index is -0.678. The Balaban J connectivity index is 2.28. The number of carbonyl (C=O) groups excluding carboxylic acids is 3. The molecule has 2 unspecified atom stereocenters. The number of hydroxylamine groups is 1. The topological polar surface area (TPSA) is 113 Å². The number of ketones is 1. The fourth-order valence-electron chi connectivity index (χ4n) is 2.24. The monoisotopic (exact) mass is 335 g/mol. The molecule has 0 spiro atoms. The van der Waals surface area contributed by atoms with E-state index in [1.54, 1.807) is 47.3 Å². The van der Waals surface area contributed by atoms with Gasteiger partial charge in [-0.15, -0.1) is 0 Å². The van der Waals surface area contributed by atoms with Crippen LogP contribution in [-0.4, -0.2) is 33.7 Å². The molecule has 0 fully saturated rings. The van der Waals surface area contributed by atoms with Gasteiger partial charge in [0.05, 0.1) is 5.92 Å². The second-order valence-electron chi connectivity index (χ2n) is 5.10. The number of allylic oxidation sites excluding steroid dienone is 4. The molecule has 4 N–H and O–H groups in total. The molecular weight excluding hydrogens is 318 g/mol. The highest BCUT2D eigenvalue weighted by atomic mass is 32.2. The molecule has 2 aliphatic rings. The number of nitrogens with one attached hydrogen (secondary N) is 1. The molecule has 0 aromatic heterocycles. The van der Waals surface area contributed by atoms with Crippen molar-refractivity contribution in [1.82, 2.24) is 10.4 Å². The summed E-state index contributed by atoms with van der Waals surface area (Å²) in [5.41, 5.74) is 7.52. The number of primary amides is 1. The minimum absolute atomic E-state index is 0.154. The molecule has 1 aliphatic heterocycles. The first-order chi connectivity index (χ1) is 10.9. The van der Waals surface area contributed by atoms with Crippen LogP contribution in [-0.2, 0) is 14.4 Å². The predicted molar refractivity (Wildman–Crippen MR) is 85.6 cm³/mol. The Morgan fingerprint density at radius 3 is 2.91 bits per heavy atom. The van der Waals surface area contributed by atoms with Gasteiger partial charge in [0.1, 0.15) is 6.04 Å². The first-order valence-electron chi connectivity index (χ1n) is 6.91. The SMILES string of the molecule is CC(C(N)=O)N1C=CSC(C2=CC=CC(=O)C2CC(=O)NO)=C1. The molecule has 2 rings (SSSR count). The van der Waals surface area contributed by atoms with Gasteiger partial charge in [-0.3, -0.25) is 19.6 Å². The first-order valence-corrected chi connectivity index (χ1v) is 7.79. The van der Waals surface area contributed by atoms with Crippen LogP contribution in [0.5, 0.6) is 0 Å². The lowest BCUT2D eigenvalue weighted by Gasteiger charge is -2.28. The smallest absolute Gasteiger partial charge is 0.244 e. The van der Waals surface area contributed by atoms with Gasteiger partial charge in [-0.2, -0.15) is 0 Å². The Morgan fingerprint density at radius 1 is 1.52 bits per heavy atom. The summed E-state index contributed by atoms with van der Waals surface area (Å²) in [5.74, 6) is -1.99. The van der Waals surface area contributed by atoms with Crippen molar-refractivity contribution in [2.75, 3.05) is 0 Å². The van der Waals surface area contributed by atoms with E-state index in [9.17, 15) is 14.4 Å². The first kappa shape index (κ1) is 17.0. The third-order valence-electron chi connectivity index (χ3n) is 3.61. The molecule has 8 heteroatoms. The largest absolute Gasteiger partial charge is 0.368 e. The van der Waals surface area contributed by atoms with Crippen LogP contribution in [0.1, 0.15) is 13.3 Å². The number of nitrogens with two attached hydrogens (primary N) is 1. The zero-order valence-corrected chi connectivity index (χ0v) is 13.2. The quantitative estimate of drug-likeness (QED) is 0.506. The van der Waals surface area contributed by atoms with Crippen LogP contribution >= 0.6 is 11.8 Å². The molecule has 2 amide bonds. The highest BCUT2D eigenvalue weighted by Gasteiger charge is 2.29. The van der Waals surface area contributed by atoms with Crippen molar-refractivity contribution in [2.24, 2.45) is 11.7 Å². The van der Waals surface area contributed by atoms with Crippen LogP contribution in [0.15, 0.2) is 46.5 Å². The van der Waals surface area contributed by atoms with E-state index in [0.717, 1.165) is 4.91 Å². The lowest BCUT2D eigenvalue weighted by atomic mass is 9.87. The second kappa shape index (κ2) is 7.30. The number of carbonyl (C=O) groups is 3. The van der Waals surface area contributed by atoms with Crippen molar-refractivity contribution in [3.8, 4) is 0 Å². The second-order valence-corrected chi connectivity index (χ2v) is 6.04. The van der Waals surface area contributed by atoms with E-state index in [4.69, 9.17) is 10.9 Å². The van der Waals surface area contributed by atoms with Crippen LogP contribution in [0.4, 0.5) is 0 Å². The van der Waals surface area contributed by atoms with Crippen LogP contribution in [0, 0.1) is 5.92 Å². The summed E-state index contributed by atoms with van der Waals surface area (Å²) >= 11 is 1.38. The van der Waals surface area contributed by atoms with Crippen molar-refractivity contribution < 1.29 is 19.6 Å². The van der Waals surface area contributed by atoms with Gasteiger partial charge in [0.2, 0.25) is 11.8 Å². The van der Waals surface area contributed by atoms with Crippen LogP contribution in [0.3, 0.4) is 0 Å². The maximum absolute atomic E-state index is 12.1. The van der Waals surface area contributed by atoms with Crippen LogP contribution in [0.2, 0.25) is 0 Å².